The lowest BCUT2D eigenvalue weighted by molar-refractivity contribution is -0.159. The molecule has 0 aromatic carbocycles. The molecule has 0 bridgehead atoms. The molecule has 8 nitrogen and oxygen atoms in total. The molecule has 25 heavy (non-hydrogen) atoms. The van der Waals surface area contributed by atoms with Crippen molar-refractivity contribution in [1.29, 1.82) is 0 Å². The summed E-state index contributed by atoms with van der Waals surface area (Å²) in [4.78, 5) is 37.1. The average molecular weight is 354 g/mol. The van der Waals surface area contributed by atoms with Crippen molar-refractivity contribution in [2.24, 2.45) is 0 Å². The molecule has 2 heterocycles. The first kappa shape index (κ1) is 19.4. The Morgan fingerprint density at radius 2 is 2.08 bits per heavy atom. The predicted octanol–water partition coefficient (Wildman–Crippen LogP) is 1.62. The number of aromatic nitrogens is 2. The van der Waals surface area contributed by atoms with Crippen LogP contribution in [0, 0.1) is 6.92 Å². The fraction of sp³-hybridized carbons (Fsp3) is 0.706. The van der Waals surface area contributed by atoms with Gasteiger partial charge < -0.3 is 14.2 Å². The van der Waals surface area contributed by atoms with Gasteiger partial charge in [-0.15, -0.1) is 0 Å². The van der Waals surface area contributed by atoms with Gasteiger partial charge in [0.25, 0.3) is 5.56 Å². The van der Waals surface area contributed by atoms with Gasteiger partial charge in [-0.1, -0.05) is 32.6 Å². The van der Waals surface area contributed by atoms with Gasteiger partial charge in [-0.3, -0.25) is 19.1 Å². The molecule has 1 aromatic heterocycles. The summed E-state index contributed by atoms with van der Waals surface area (Å²) in [7, 11) is 0. The first-order chi connectivity index (χ1) is 12.0. The number of rotatable bonds is 9. The zero-order valence-electron chi connectivity index (χ0n) is 14.8. The van der Waals surface area contributed by atoms with Crippen LogP contribution < -0.4 is 11.2 Å². The van der Waals surface area contributed by atoms with E-state index in [0.29, 0.717) is 12.0 Å². The number of unbranched alkanes of at least 4 members (excludes halogenated alkanes) is 4. The van der Waals surface area contributed by atoms with Gasteiger partial charge in [0, 0.05) is 18.2 Å². The first-order valence-corrected chi connectivity index (χ1v) is 8.76. The molecule has 8 heteroatoms. The van der Waals surface area contributed by atoms with Crippen LogP contribution in [0.1, 0.15) is 57.2 Å². The van der Waals surface area contributed by atoms with Gasteiger partial charge in [-0.2, -0.15) is 0 Å². The molecule has 0 aliphatic carbocycles. The fourth-order valence-corrected chi connectivity index (χ4v) is 2.58. The topological polar surface area (TPSA) is 99.6 Å². The Hall–Kier alpha value is -1.93. The standard InChI is InChI=1S/C17H26N2O6/c1-3-4-5-6-7-8-14(20)23-11-15-24-10-13(25-15)19-9-12(2)16(21)18-17(19)22/h9,13,15H,3-8,10-11H2,1-2H3,(H,18,21,22)/t13-,15-/m1/s1. The van der Waals surface area contributed by atoms with Gasteiger partial charge >= 0.3 is 11.7 Å². The zero-order chi connectivity index (χ0) is 18.2. The highest BCUT2D eigenvalue weighted by atomic mass is 16.7. The van der Waals surface area contributed by atoms with Crippen LogP contribution in [0.4, 0.5) is 0 Å². The normalized spacial score (nSPS) is 19.9. The van der Waals surface area contributed by atoms with E-state index in [-0.39, 0.29) is 19.2 Å². The highest BCUT2D eigenvalue weighted by Crippen LogP contribution is 2.19. The summed E-state index contributed by atoms with van der Waals surface area (Å²) in [6.45, 7) is 3.88. The Kier molecular flexibility index (Phi) is 7.39. The lowest BCUT2D eigenvalue weighted by atomic mass is 10.1. The van der Waals surface area contributed by atoms with E-state index in [9.17, 15) is 14.4 Å². The molecule has 1 N–H and O–H groups in total. The maximum atomic E-state index is 11.8. The van der Waals surface area contributed by atoms with Crippen molar-refractivity contribution in [2.75, 3.05) is 13.2 Å². The van der Waals surface area contributed by atoms with Crippen LogP contribution >= 0.6 is 0 Å². The van der Waals surface area contributed by atoms with Gasteiger partial charge in [0.15, 0.2) is 12.5 Å². The van der Waals surface area contributed by atoms with Crippen molar-refractivity contribution in [3.05, 3.63) is 32.6 Å². The van der Waals surface area contributed by atoms with Crippen LogP contribution in [0.3, 0.4) is 0 Å². The van der Waals surface area contributed by atoms with E-state index in [0.717, 1.165) is 19.3 Å². The van der Waals surface area contributed by atoms with E-state index in [2.05, 4.69) is 11.9 Å². The van der Waals surface area contributed by atoms with E-state index in [1.54, 1.807) is 6.92 Å². The third kappa shape index (κ3) is 5.82. The van der Waals surface area contributed by atoms with Crippen LogP contribution in [-0.2, 0) is 19.0 Å². The number of ether oxygens (including phenoxy) is 3. The summed E-state index contributed by atoms with van der Waals surface area (Å²) in [5.74, 6) is -0.274. The minimum absolute atomic E-state index is 0.0125. The largest absolute Gasteiger partial charge is 0.460 e. The monoisotopic (exact) mass is 354 g/mol. The third-order valence-corrected chi connectivity index (χ3v) is 4.05. The Morgan fingerprint density at radius 1 is 1.32 bits per heavy atom. The van der Waals surface area contributed by atoms with Crippen LogP contribution in [0.15, 0.2) is 15.8 Å². The average Bonchev–Trinajstić information content (AvgIpc) is 3.05. The minimum Gasteiger partial charge on any atom is -0.460 e. The molecule has 0 radical (unpaired) electrons. The Morgan fingerprint density at radius 3 is 2.84 bits per heavy atom. The van der Waals surface area contributed by atoms with E-state index in [1.165, 1.54) is 23.6 Å². The van der Waals surface area contributed by atoms with Crippen molar-refractivity contribution in [1.82, 2.24) is 9.55 Å². The number of hydrogen-bond donors (Lipinski definition) is 1. The maximum Gasteiger partial charge on any atom is 0.330 e. The third-order valence-electron chi connectivity index (χ3n) is 4.05. The number of aryl methyl sites for hydroxylation is 1. The van der Waals surface area contributed by atoms with E-state index >= 15 is 0 Å². The lowest BCUT2D eigenvalue weighted by Crippen LogP contribution is -2.34. The van der Waals surface area contributed by atoms with Crippen molar-refractivity contribution in [3.8, 4) is 0 Å². The molecular formula is C17H26N2O6. The van der Waals surface area contributed by atoms with E-state index in [1.807, 2.05) is 0 Å². The van der Waals surface area contributed by atoms with Crippen LogP contribution in [-0.4, -0.2) is 35.0 Å². The molecule has 2 atom stereocenters. The molecule has 1 aliphatic heterocycles. The zero-order valence-corrected chi connectivity index (χ0v) is 14.8. The molecule has 1 saturated heterocycles. The summed E-state index contributed by atoms with van der Waals surface area (Å²) >= 11 is 0. The summed E-state index contributed by atoms with van der Waals surface area (Å²) in [5.41, 5.74) is -0.584. The van der Waals surface area contributed by atoms with E-state index < -0.39 is 23.8 Å². The highest BCUT2D eigenvalue weighted by Gasteiger charge is 2.29. The maximum absolute atomic E-state index is 11.8. The SMILES string of the molecule is CCCCCCCC(=O)OC[C@@H]1OC[C@H](n2cc(C)c(=O)[nH]c2=O)O1. The van der Waals surface area contributed by atoms with Gasteiger partial charge in [0.1, 0.15) is 6.61 Å². The highest BCUT2D eigenvalue weighted by molar-refractivity contribution is 5.69. The molecule has 140 valence electrons. The molecule has 0 spiro atoms. The van der Waals surface area contributed by atoms with Gasteiger partial charge in [0.2, 0.25) is 0 Å². The summed E-state index contributed by atoms with van der Waals surface area (Å²) in [6, 6.07) is 0. The van der Waals surface area contributed by atoms with Crippen LogP contribution in [0.2, 0.25) is 0 Å². The fourth-order valence-electron chi connectivity index (χ4n) is 2.58. The molecule has 1 aromatic rings. The van der Waals surface area contributed by atoms with Crippen molar-refractivity contribution in [2.45, 2.75) is 64.9 Å². The number of H-pyrrole nitrogens is 1. The Labute approximate surface area is 146 Å². The minimum atomic E-state index is -0.715. The number of nitrogens with one attached hydrogen (secondary N) is 1. The molecule has 0 amide bonds. The van der Waals surface area contributed by atoms with Crippen molar-refractivity contribution in [3.63, 3.8) is 0 Å². The second kappa shape index (κ2) is 9.53. The molecule has 0 unspecified atom stereocenters. The predicted molar refractivity (Wildman–Crippen MR) is 90.3 cm³/mol. The number of hydrogen-bond acceptors (Lipinski definition) is 6. The van der Waals surface area contributed by atoms with Crippen molar-refractivity contribution < 1.29 is 19.0 Å². The summed E-state index contributed by atoms with van der Waals surface area (Å²) in [5, 5.41) is 0. The smallest absolute Gasteiger partial charge is 0.330 e. The second-order valence-electron chi connectivity index (χ2n) is 6.18. The van der Waals surface area contributed by atoms with Crippen molar-refractivity contribution >= 4 is 5.97 Å². The quantitative estimate of drug-likeness (QED) is 0.534. The lowest BCUT2D eigenvalue weighted by Gasteiger charge is -2.14. The molecule has 2 rings (SSSR count). The molecule has 0 saturated carbocycles. The summed E-state index contributed by atoms with van der Waals surface area (Å²) in [6.07, 6.45) is 5.78. The van der Waals surface area contributed by atoms with Gasteiger partial charge in [-0.05, 0) is 13.3 Å². The molecule has 1 aliphatic rings. The number of carbonyl (C=O) groups is 1. The number of aromatic amines is 1. The first-order valence-electron chi connectivity index (χ1n) is 8.76. The van der Waals surface area contributed by atoms with Gasteiger partial charge in [0.05, 0.1) is 6.61 Å². The number of esters is 1. The number of nitrogens with zero attached hydrogens (tertiary/aromatic N) is 1. The van der Waals surface area contributed by atoms with Crippen LogP contribution in [0.5, 0.6) is 0 Å². The summed E-state index contributed by atoms with van der Waals surface area (Å²) < 4.78 is 17.4. The van der Waals surface area contributed by atoms with E-state index in [4.69, 9.17) is 14.2 Å². The molecule has 1 fully saturated rings. The van der Waals surface area contributed by atoms with Gasteiger partial charge in [-0.25, -0.2) is 4.79 Å². The van der Waals surface area contributed by atoms with Crippen LogP contribution in [0.25, 0.3) is 0 Å². The second-order valence-corrected chi connectivity index (χ2v) is 6.18. The Balaban J connectivity index is 1.74. The molecular weight excluding hydrogens is 328 g/mol. The Bertz CT molecular complexity index is 680. The number of carbonyl (C=O) groups excluding carboxylic acids is 1.